The highest BCUT2D eigenvalue weighted by atomic mass is 16.5. The van der Waals surface area contributed by atoms with E-state index in [9.17, 15) is 9.59 Å². The average Bonchev–Trinajstić information content (AvgIpc) is 2.64. The number of carbonyl (C=O) groups excluding carboxylic acids is 2. The molecule has 150 valence electrons. The zero-order chi connectivity index (χ0) is 20.7. The molecule has 0 atom stereocenters. The summed E-state index contributed by atoms with van der Waals surface area (Å²) in [4.78, 5) is 24.1. The van der Waals surface area contributed by atoms with Crippen LogP contribution in [0, 0.1) is 13.8 Å². The van der Waals surface area contributed by atoms with Gasteiger partial charge in [0.1, 0.15) is 5.75 Å². The van der Waals surface area contributed by atoms with E-state index in [-0.39, 0.29) is 23.8 Å². The van der Waals surface area contributed by atoms with E-state index < -0.39 is 0 Å². The van der Waals surface area contributed by atoms with Crippen molar-refractivity contribution in [3.8, 4) is 5.75 Å². The van der Waals surface area contributed by atoms with Crippen LogP contribution in [0.15, 0.2) is 42.5 Å². The molecule has 0 saturated heterocycles. The Morgan fingerprint density at radius 1 is 0.893 bits per heavy atom. The van der Waals surface area contributed by atoms with Crippen LogP contribution >= 0.6 is 0 Å². The lowest BCUT2D eigenvalue weighted by molar-refractivity contribution is -0.123. The van der Waals surface area contributed by atoms with Crippen molar-refractivity contribution in [1.29, 1.82) is 0 Å². The SMILES string of the molecule is Cc1ccc(C(=O)NCCNC(=O)COc2ccc(C)cc2C(C)(C)C)cc1. The van der Waals surface area contributed by atoms with E-state index in [1.54, 1.807) is 12.1 Å². The smallest absolute Gasteiger partial charge is 0.258 e. The molecule has 0 aliphatic rings. The molecule has 5 heteroatoms. The number of carbonyl (C=O) groups is 2. The number of amides is 2. The summed E-state index contributed by atoms with van der Waals surface area (Å²) < 4.78 is 5.74. The third-order valence-electron chi connectivity index (χ3n) is 4.35. The van der Waals surface area contributed by atoms with Gasteiger partial charge in [0.15, 0.2) is 6.61 Å². The third kappa shape index (κ3) is 6.41. The van der Waals surface area contributed by atoms with Crippen molar-refractivity contribution in [1.82, 2.24) is 10.6 Å². The molecule has 0 unspecified atom stereocenters. The highest BCUT2D eigenvalue weighted by molar-refractivity contribution is 5.94. The number of hydrogen-bond acceptors (Lipinski definition) is 3. The number of aryl methyl sites for hydroxylation is 2. The summed E-state index contributed by atoms with van der Waals surface area (Å²) in [7, 11) is 0. The van der Waals surface area contributed by atoms with Gasteiger partial charge in [0.25, 0.3) is 11.8 Å². The van der Waals surface area contributed by atoms with Crippen molar-refractivity contribution in [2.24, 2.45) is 0 Å². The monoisotopic (exact) mass is 382 g/mol. The van der Waals surface area contributed by atoms with Crippen molar-refractivity contribution < 1.29 is 14.3 Å². The highest BCUT2D eigenvalue weighted by Crippen LogP contribution is 2.32. The molecule has 2 N–H and O–H groups in total. The number of ether oxygens (including phenoxy) is 1. The second-order valence-electron chi connectivity index (χ2n) is 8.01. The molecule has 28 heavy (non-hydrogen) atoms. The van der Waals surface area contributed by atoms with Crippen LogP contribution in [0.2, 0.25) is 0 Å². The minimum atomic E-state index is -0.218. The number of hydrogen-bond donors (Lipinski definition) is 2. The summed E-state index contributed by atoms with van der Waals surface area (Å²) >= 11 is 0. The molecule has 2 rings (SSSR count). The molecule has 5 nitrogen and oxygen atoms in total. The predicted octanol–water partition coefficient (Wildman–Crippen LogP) is 3.53. The van der Waals surface area contributed by atoms with Crippen LogP contribution in [0.1, 0.15) is 47.8 Å². The molecule has 0 heterocycles. The second kappa shape index (κ2) is 9.40. The summed E-state index contributed by atoms with van der Waals surface area (Å²) in [6, 6.07) is 13.3. The molecule has 2 aromatic carbocycles. The quantitative estimate of drug-likeness (QED) is 0.720. The minimum Gasteiger partial charge on any atom is -0.483 e. The van der Waals surface area contributed by atoms with Crippen molar-refractivity contribution in [3.63, 3.8) is 0 Å². The lowest BCUT2D eigenvalue weighted by atomic mass is 9.85. The van der Waals surface area contributed by atoms with Gasteiger partial charge in [-0.05, 0) is 43.0 Å². The second-order valence-corrected chi connectivity index (χ2v) is 8.01. The van der Waals surface area contributed by atoms with E-state index >= 15 is 0 Å². The largest absolute Gasteiger partial charge is 0.483 e. The molecule has 0 saturated carbocycles. The Labute approximate surface area is 167 Å². The summed E-state index contributed by atoms with van der Waals surface area (Å²) in [6.45, 7) is 11.0. The summed E-state index contributed by atoms with van der Waals surface area (Å²) in [6.07, 6.45) is 0. The maximum Gasteiger partial charge on any atom is 0.258 e. The zero-order valence-corrected chi connectivity index (χ0v) is 17.4. The Bertz CT molecular complexity index is 821. The Hall–Kier alpha value is -2.82. The van der Waals surface area contributed by atoms with E-state index in [1.807, 2.05) is 38.1 Å². The van der Waals surface area contributed by atoms with Gasteiger partial charge in [-0.25, -0.2) is 0 Å². The van der Waals surface area contributed by atoms with Crippen molar-refractivity contribution in [3.05, 3.63) is 64.7 Å². The number of nitrogens with one attached hydrogen (secondary N) is 2. The van der Waals surface area contributed by atoms with Gasteiger partial charge in [0, 0.05) is 18.7 Å². The molecular formula is C23H30N2O3. The summed E-state index contributed by atoms with van der Waals surface area (Å²) in [5.41, 5.74) is 3.87. The lowest BCUT2D eigenvalue weighted by Gasteiger charge is -2.23. The van der Waals surface area contributed by atoms with Gasteiger partial charge in [0.05, 0.1) is 0 Å². The van der Waals surface area contributed by atoms with E-state index in [4.69, 9.17) is 4.74 Å². The summed E-state index contributed by atoms with van der Waals surface area (Å²) in [5, 5.41) is 5.55. The number of benzene rings is 2. The van der Waals surface area contributed by atoms with Crippen LogP contribution in [0.4, 0.5) is 0 Å². The summed E-state index contributed by atoms with van der Waals surface area (Å²) in [5.74, 6) is 0.353. The Morgan fingerprint density at radius 2 is 1.50 bits per heavy atom. The van der Waals surface area contributed by atoms with Crippen molar-refractivity contribution in [2.45, 2.75) is 40.0 Å². The maximum atomic E-state index is 12.0. The molecule has 0 aliphatic carbocycles. The fraction of sp³-hybridized carbons (Fsp3) is 0.391. The molecule has 2 amide bonds. The molecule has 0 aromatic heterocycles. The standard InChI is InChI=1S/C23H30N2O3/c1-16-6-9-18(10-7-16)22(27)25-13-12-24-21(26)15-28-20-11-8-17(2)14-19(20)23(3,4)5/h6-11,14H,12-13,15H2,1-5H3,(H,24,26)(H,25,27). The van der Waals surface area contributed by atoms with Gasteiger partial charge in [-0.15, -0.1) is 0 Å². The van der Waals surface area contributed by atoms with E-state index in [1.165, 1.54) is 0 Å². The minimum absolute atomic E-state index is 0.0575. The van der Waals surface area contributed by atoms with Gasteiger partial charge in [-0.1, -0.05) is 56.2 Å². The predicted molar refractivity (Wildman–Crippen MR) is 112 cm³/mol. The van der Waals surface area contributed by atoms with Crippen LogP contribution in [-0.4, -0.2) is 31.5 Å². The molecular weight excluding hydrogens is 352 g/mol. The Kier molecular flexibility index (Phi) is 7.21. The molecule has 0 fully saturated rings. The normalized spacial score (nSPS) is 11.0. The van der Waals surface area contributed by atoms with Gasteiger partial charge in [-0.2, -0.15) is 0 Å². The van der Waals surface area contributed by atoms with Crippen molar-refractivity contribution in [2.75, 3.05) is 19.7 Å². The molecule has 0 aliphatic heterocycles. The topological polar surface area (TPSA) is 67.4 Å². The van der Waals surface area contributed by atoms with Crippen LogP contribution in [0.25, 0.3) is 0 Å². The molecule has 0 bridgehead atoms. The highest BCUT2D eigenvalue weighted by Gasteiger charge is 2.19. The van der Waals surface area contributed by atoms with Crippen LogP contribution in [0.5, 0.6) is 5.75 Å². The van der Waals surface area contributed by atoms with Crippen molar-refractivity contribution >= 4 is 11.8 Å². The Morgan fingerprint density at radius 3 is 2.14 bits per heavy atom. The van der Waals surface area contributed by atoms with Crippen LogP contribution < -0.4 is 15.4 Å². The van der Waals surface area contributed by atoms with Crippen LogP contribution in [-0.2, 0) is 10.2 Å². The van der Waals surface area contributed by atoms with Crippen LogP contribution in [0.3, 0.4) is 0 Å². The van der Waals surface area contributed by atoms with Gasteiger partial charge < -0.3 is 15.4 Å². The van der Waals surface area contributed by atoms with E-state index in [0.29, 0.717) is 18.7 Å². The third-order valence-corrected chi connectivity index (χ3v) is 4.35. The zero-order valence-electron chi connectivity index (χ0n) is 17.4. The molecule has 2 aromatic rings. The fourth-order valence-electron chi connectivity index (χ4n) is 2.74. The fourth-order valence-corrected chi connectivity index (χ4v) is 2.74. The molecule has 0 radical (unpaired) electrons. The number of rotatable bonds is 7. The first-order valence-corrected chi connectivity index (χ1v) is 9.52. The van der Waals surface area contributed by atoms with E-state index in [2.05, 4.69) is 37.5 Å². The van der Waals surface area contributed by atoms with Gasteiger partial charge in [0.2, 0.25) is 0 Å². The molecule has 0 spiro atoms. The lowest BCUT2D eigenvalue weighted by Crippen LogP contribution is -2.36. The Balaban J connectivity index is 1.76. The van der Waals surface area contributed by atoms with Gasteiger partial charge >= 0.3 is 0 Å². The van der Waals surface area contributed by atoms with E-state index in [0.717, 1.165) is 22.4 Å². The first-order chi connectivity index (χ1) is 13.2. The maximum absolute atomic E-state index is 12.0. The van der Waals surface area contributed by atoms with Gasteiger partial charge in [-0.3, -0.25) is 9.59 Å². The first kappa shape index (κ1) is 21.5. The first-order valence-electron chi connectivity index (χ1n) is 9.52. The average molecular weight is 383 g/mol.